The maximum absolute atomic E-state index is 13.4. The van der Waals surface area contributed by atoms with Crippen LogP contribution in [0.4, 0.5) is 5.69 Å². The van der Waals surface area contributed by atoms with Gasteiger partial charge in [-0.1, -0.05) is 29.8 Å². The normalized spacial score (nSPS) is 22.9. The minimum atomic E-state index is 0.0696. The highest BCUT2D eigenvalue weighted by atomic mass is 35.5. The van der Waals surface area contributed by atoms with Gasteiger partial charge >= 0.3 is 0 Å². The number of carbonyl (C=O) groups is 1. The Labute approximate surface area is 172 Å². The number of benzene rings is 2. The Balaban J connectivity index is 1.69. The number of para-hydroxylation sites is 1. The summed E-state index contributed by atoms with van der Waals surface area (Å²) in [4.78, 5) is 17.9. The first-order valence-electron chi connectivity index (χ1n) is 10.1. The highest BCUT2D eigenvalue weighted by Gasteiger charge is 2.33. The molecule has 0 radical (unpaired) electrons. The maximum Gasteiger partial charge on any atom is 0.254 e. The van der Waals surface area contributed by atoms with Gasteiger partial charge in [0, 0.05) is 48.0 Å². The minimum Gasteiger partial charge on any atom is -0.384 e. The van der Waals surface area contributed by atoms with Gasteiger partial charge in [0.05, 0.1) is 0 Å². The first-order chi connectivity index (χ1) is 13.5. The number of nitrogens with one attached hydrogen (secondary N) is 1. The van der Waals surface area contributed by atoms with Crippen molar-refractivity contribution in [2.24, 2.45) is 0 Å². The molecule has 1 N–H and O–H groups in total. The third-order valence-corrected chi connectivity index (χ3v) is 6.55. The molecule has 2 aromatic carbocycles. The number of rotatable bonds is 1. The minimum absolute atomic E-state index is 0.0696. The summed E-state index contributed by atoms with van der Waals surface area (Å²) in [7, 11) is 2.21. The van der Waals surface area contributed by atoms with Gasteiger partial charge in [0.2, 0.25) is 0 Å². The molecule has 148 valence electrons. The number of amides is 1. The van der Waals surface area contributed by atoms with Gasteiger partial charge in [-0.05, 0) is 68.6 Å². The second-order valence-corrected chi connectivity index (χ2v) is 8.50. The van der Waals surface area contributed by atoms with E-state index in [4.69, 9.17) is 11.6 Å². The molecular formula is C23H28ClN3O. The molecule has 2 unspecified atom stereocenters. The average molecular weight is 398 g/mol. The molecule has 2 aliphatic heterocycles. The van der Waals surface area contributed by atoms with E-state index in [9.17, 15) is 4.79 Å². The topological polar surface area (TPSA) is 35.6 Å². The van der Waals surface area contributed by atoms with E-state index in [1.54, 1.807) is 12.1 Å². The molecule has 0 spiro atoms. The molecular weight excluding hydrogens is 370 g/mol. The largest absolute Gasteiger partial charge is 0.384 e. The second kappa shape index (κ2) is 8.14. The number of hydrogen-bond acceptors (Lipinski definition) is 3. The fraction of sp³-hybridized carbons (Fsp3) is 0.435. The molecule has 4 nitrogen and oxygen atoms in total. The van der Waals surface area contributed by atoms with Gasteiger partial charge in [0.1, 0.15) is 0 Å². The van der Waals surface area contributed by atoms with Gasteiger partial charge in [0.15, 0.2) is 0 Å². The van der Waals surface area contributed by atoms with E-state index in [0.717, 1.165) is 25.9 Å². The molecule has 1 amide bonds. The molecule has 2 heterocycles. The van der Waals surface area contributed by atoms with Crippen molar-refractivity contribution in [2.75, 3.05) is 25.5 Å². The monoisotopic (exact) mass is 397 g/mol. The Bertz CT molecular complexity index is 851. The van der Waals surface area contributed by atoms with E-state index in [1.165, 1.54) is 23.2 Å². The van der Waals surface area contributed by atoms with E-state index in [2.05, 4.69) is 42.4 Å². The van der Waals surface area contributed by atoms with E-state index in [1.807, 2.05) is 17.0 Å². The molecule has 0 aliphatic carbocycles. The number of aryl methyl sites for hydroxylation is 1. The van der Waals surface area contributed by atoms with Crippen LogP contribution in [0.15, 0.2) is 42.5 Å². The summed E-state index contributed by atoms with van der Waals surface area (Å²) in [5.74, 6) is 0.0696. The third-order valence-electron chi connectivity index (χ3n) is 6.29. The zero-order valence-electron chi connectivity index (χ0n) is 16.6. The number of nitrogens with zero attached hydrogens (tertiary/aromatic N) is 2. The summed E-state index contributed by atoms with van der Waals surface area (Å²) in [6.45, 7) is 4.46. The summed E-state index contributed by atoms with van der Waals surface area (Å²) in [5.41, 5.74) is 4.28. The summed E-state index contributed by atoms with van der Waals surface area (Å²) in [5, 5.41) is 4.31. The van der Waals surface area contributed by atoms with Crippen LogP contribution in [0.3, 0.4) is 0 Å². The Morgan fingerprint density at radius 1 is 1.07 bits per heavy atom. The standard InChI is InChI=1S/C23H28ClN3O/c1-16-4-3-5-18-14-27(23(28)17-6-8-19(24)9-7-17)15-21-11-10-20(26(21)2)12-13-25-22(16)18/h3-9,20-21,25H,10-15H2,1-2H3. The predicted molar refractivity (Wildman–Crippen MR) is 115 cm³/mol. The van der Waals surface area contributed by atoms with E-state index >= 15 is 0 Å². The van der Waals surface area contributed by atoms with Crippen molar-refractivity contribution in [3.63, 3.8) is 0 Å². The van der Waals surface area contributed by atoms with Crippen LogP contribution < -0.4 is 5.32 Å². The van der Waals surface area contributed by atoms with Crippen LogP contribution in [0, 0.1) is 6.92 Å². The smallest absolute Gasteiger partial charge is 0.254 e. The summed E-state index contributed by atoms with van der Waals surface area (Å²) < 4.78 is 0. The van der Waals surface area contributed by atoms with E-state index in [-0.39, 0.29) is 5.91 Å². The van der Waals surface area contributed by atoms with Gasteiger partial charge < -0.3 is 10.2 Å². The quantitative estimate of drug-likeness (QED) is 0.765. The lowest BCUT2D eigenvalue weighted by Gasteiger charge is -2.31. The summed E-state index contributed by atoms with van der Waals surface area (Å²) in [6, 6.07) is 14.6. The highest BCUT2D eigenvalue weighted by molar-refractivity contribution is 6.30. The van der Waals surface area contributed by atoms with Crippen LogP contribution in [0.25, 0.3) is 0 Å². The number of likely N-dealkylation sites (N-methyl/N-ethyl adjacent to an activating group) is 1. The van der Waals surface area contributed by atoms with Gasteiger partial charge in [0.25, 0.3) is 5.91 Å². The van der Waals surface area contributed by atoms with Gasteiger partial charge in [-0.15, -0.1) is 0 Å². The number of halogens is 1. The number of hydrogen-bond donors (Lipinski definition) is 1. The van der Waals surface area contributed by atoms with Gasteiger partial charge in [-0.25, -0.2) is 0 Å². The van der Waals surface area contributed by atoms with Crippen LogP contribution in [0.2, 0.25) is 5.02 Å². The third kappa shape index (κ3) is 3.89. The maximum atomic E-state index is 13.4. The second-order valence-electron chi connectivity index (χ2n) is 8.07. The first kappa shape index (κ1) is 19.3. The van der Waals surface area contributed by atoms with Gasteiger partial charge in [-0.3, -0.25) is 9.69 Å². The highest BCUT2D eigenvalue weighted by Crippen LogP contribution is 2.29. The Hall–Kier alpha value is -2.04. The molecule has 5 heteroatoms. The van der Waals surface area contributed by atoms with Crippen molar-refractivity contribution in [2.45, 2.75) is 44.8 Å². The van der Waals surface area contributed by atoms with Gasteiger partial charge in [-0.2, -0.15) is 0 Å². The molecule has 0 saturated carbocycles. The Morgan fingerprint density at radius 3 is 2.61 bits per heavy atom. The molecule has 2 aromatic rings. The number of carbonyl (C=O) groups excluding carboxylic acids is 1. The lowest BCUT2D eigenvalue weighted by Crippen LogP contribution is -2.43. The van der Waals surface area contributed by atoms with Crippen LogP contribution in [0.5, 0.6) is 0 Å². The molecule has 0 aromatic heterocycles. The fourth-order valence-corrected chi connectivity index (χ4v) is 4.72. The van der Waals surface area contributed by atoms with Crippen LogP contribution in [-0.2, 0) is 6.54 Å². The number of fused-ring (bicyclic) bond motifs is 3. The van der Waals surface area contributed by atoms with Crippen molar-refractivity contribution in [3.05, 3.63) is 64.2 Å². The predicted octanol–water partition coefficient (Wildman–Crippen LogP) is 4.57. The Kier molecular flexibility index (Phi) is 5.61. The lowest BCUT2D eigenvalue weighted by molar-refractivity contribution is 0.0689. The molecule has 4 rings (SSSR count). The summed E-state index contributed by atoms with van der Waals surface area (Å²) in [6.07, 6.45) is 3.48. The summed E-state index contributed by atoms with van der Waals surface area (Å²) >= 11 is 6.02. The van der Waals surface area contributed by atoms with E-state index < -0.39 is 0 Å². The van der Waals surface area contributed by atoms with E-state index in [0.29, 0.717) is 29.2 Å². The van der Waals surface area contributed by atoms with Crippen LogP contribution >= 0.6 is 11.6 Å². The lowest BCUT2D eigenvalue weighted by atomic mass is 10.0. The SMILES string of the molecule is Cc1cccc2c1NCCC1CCC(CN(C(=O)c3ccc(Cl)cc3)C2)N1C. The van der Waals surface area contributed by atoms with Crippen molar-refractivity contribution >= 4 is 23.2 Å². The number of anilines is 1. The fourth-order valence-electron chi connectivity index (χ4n) is 4.59. The average Bonchev–Trinajstić information content (AvgIpc) is 3.01. The van der Waals surface area contributed by atoms with Crippen molar-refractivity contribution in [1.82, 2.24) is 9.80 Å². The first-order valence-corrected chi connectivity index (χ1v) is 10.5. The van der Waals surface area contributed by atoms with Crippen LogP contribution in [-0.4, -0.2) is 47.9 Å². The molecule has 2 atom stereocenters. The molecule has 1 saturated heterocycles. The zero-order valence-corrected chi connectivity index (χ0v) is 17.4. The molecule has 1 fully saturated rings. The zero-order chi connectivity index (χ0) is 19.7. The van der Waals surface area contributed by atoms with Crippen molar-refractivity contribution in [1.29, 1.82) is 0 Å². The van der Waals surface area contributed by atoms with Crippen molar-refractivity contribution < 1.29 is 4.79 Å². The van der Waals surface area contributed by atoms with Crippen molar-refractivity contribution in [3.8, 4) is 0 Å². The van der Waals surface area contributed by atoms with Crippen LogP contribution in [0.1, 0.15) is 40.7 Å². The molecule has 28 heavy (non-hydrogen) atoms. The molecule has 2 aliphatic rings. The Morgan fingerprint density at radius 2 is 1.82 bits per heavy atom. The molecule has 2 bridgehead atoms.